The van der Waals surface area contributed by atoms with Gasteiger partial charge in [-0.1, -0.05) is 36.4 Å². The van der Waals surface area contributed by atoms with Crippen molar-refractivity contribution < 1.29 is 9.53 Å². The molecule has 0 aromatic heterocycles. The van der Waals surface area contributed by atoms with Crippen LogP contribution in [0.4, 0.5) is 5.69 Å². The summed E-state index contributed by atoms with van der Waals surface area (Å²) in [6, 6.07) is 19.4. The predicted octanol–water partition coefficient (Wildman–Crippen LogP) is 3.79. The first-order valence-electron chi connectivity index (χ1n) is 7.61. The fourth-order valence-corrected chi connectivity index (χ4v) is 2.55. The van der Waals surface area contributed by atoms with Crippen molar-refractivity contribution in [2.45, 2.75) is 0 Å². The molecule has 0 spiro atoms. The smallest absolute Gasteiger partial charge is 0.364 e. The molecule has 2 aliphatic heterocycles. The molecule has 0 bridgehead atoms. The van der Waals surface area contributed by atoms with Gasteiger partial charge >= 0.3 is 5.97 Å². The summed E-state index contributed by atoms with van der Waals surface area (Å²) in [6.07, 6.45) is 7.53. The molecule has 0 N–H and O–H groups in total. The second kappa shape index (κ2) is 6.01. The van der Waals surface area contributed by atoms with Crippen LogP contribution in [0.1, 0.15) is 5.56 Å². The zero-order valence-corrected chi connectivity index (χ0v) is 12.8. The number of rotatable bonds is 2. The van der Waals surface area contributed by atoms with E-state index in [0.29, 0.717) is 11.6 Å². The minimum absolute atomic E-state index is 0.328. The van der Waals surface area contributed by atoms with Gasteiger partial charge in [-0.25, -0.2) is 9.79 Å². The minimum Gasteiger partial charge on any atom is -0.402 e. The molecule has 2 heterocycles. The van der Waals surface area contributed by atoms with Gasteiger partial charge in [0.15, 0.2) is 5.70 Å². The Bertz CT molecular complexity index is 878. The third kappa shape index (κ3) is 2.65. The number of carbonyl (C=O) groups is 1. The molecule has 0 radical (unpaired) electrons. The third-order valence-corrected chi connectivity index (χ3v) is 3.77. The number of cyclic esters (lactones) is 1. The standard InChI is InChI=1S/C20H14N2O2/c23-20-18(21-19(24-20)16-7-3-1-4-8-16)15-11-13-22(14-12-15)17-9-5-2-6-10-17/h1-14H. The average Bonchev–Trinajstić information content (AvgIpc) is 3.05. The lowest BCUT2D eigenvalue weighted by atomic mass is 10.1. The van der Waals surface area contributed by atoms with Gasteiger partial charge in [-0.15, -0.1) is 0 Å². The molecule has 0 atom stereocenters. The monoisotopic (exact) mass is 314 g/mol. The van der Waals surface area contributed by atoms with Crippen LogP contribution in [0.5, 0.6) is 0 Å². The van der Waals surface area contributed by atoms with Crippen LogP contribution in [0.2, 0.25) is 0 Å². The molecule has 0 saturated heterocycles. The van der Waals surface area contributed by atoms with Gasteiger partial charge in [0, 0.05) is 29.2 Å². The Kier molecular flexibility index (Phi) is 3.56. The van der Waals surface area contributed by atoms with Crippen molar-refractivity contribution in [3.05, 3.63) is 102 Å². The number of allylic oxidation sites excluding steroid dienone is 3. The summed E-state index contributed by atoms with van der Waals surface area (Å²) in [5.74, 6) is -0.0818. The Labute approximate surface area is 139 Å². The second-order valence-corrected chi connectivity index (χ2v) is 5.35. The number of ether oxygens (including phenoxy) is 1. The number of aliphatic imine (C=N–C) groups is 1. The van der Waals surface area contributed by atoms with Crippen molar-refractivity contribution in [2.24, 2.45) is 4.99 Å². The van der Waals surface area contributed by atoms with E-state index in [4.69, 9.17) is 4.74 Å². The fourth-order valence-electron chi connectivity index (χ4n) is 2.55. The zero-order chi connectivity index (χ0) is 16.4. The summed E-state index contributed by atoms with van der Waals surface area (Å²) in [6.45, 7) is 0. The van der Waals surface area contributed by atoms with Crippen LogP contribution in [-0.4, -0.2) is 11.9 Å². The lowest BCUT2D eigenvalue weighted by Gasteiger charge is -2.18. The van der Waals surface area contributed by atoms with Gasteiger partial charge in [-0.3, -0.25) is 0 Å². The normalized spacial score (nSPS) is 16.4. The van der Waals surface area contributed by atoms with Gasteiger partial charge in [-0.2, -0.15) is 0 Å². The lowest BCUT2D eigenvalue weighted by molar-refractivity contribution is -0.130. The van der Waals surface area contributed by atoms with E-state index in [1.165, 1.54) is 0 Å². The molecule has 4 heteroatoms. The highest BCUT2D eigenvalue weighted by molar-refractivity contribution is 6.11. The van der Waals surface area contributed by atoms with Crippen molar-refractivity contribution in [3.63, 3.8) is 0 Å². The van der Waals surface area contributed by atoms with E-state index >= 15 is 0 Å². The number of esters is 1. The van der Waals surface area contributed by atoms with Crippen molar-refractivity contribution in [1.29, 1.82) is 0 Å². The minimum atomic E-state index is -0.425. The van der Waals surface area contributed by atoms with Crippen molar-refractivity contribution >= 4 is 17.6 Å². The van der Waals surface area contributed by atoms with E-state index in [2.05, 4.69) is 4.99 Å². The molecule has 4 rings (SSSR count). The Morgan fingerprint density at radius 3 is 2.12 bits per heavy atom. The van der Waals surface area contributed by atoms with Crippen LogP contribution in [0, 0.1) is 0 Å². The first kappa shape index (κ1) is 14.2. The van der Waals surface area contributed by atoms with Gasteiger partial charge in [-0.05, 0) is 36.4 Å². The number of hydrogen-bond donors (Lipinski definition) is 0. The van der Waals surface area contributed by atoms with Crippen molar-refractivity contribution in [2.75, 3.05) is 4.90 Å². The molecule has 0 fully saturated rings. The Morgan fingerprint density at radius 2 is 1.46 bits per heavy atom. The average molecular weight is 314 g/mol. The Morgan fingerprint density at radius 1 is 0.833 bits per heavy atom. The molecule has 0 aliphatic carbocycles. The van der Waals surface area contributed by atoms with E-state index < -0.39 is 5.97 Å². The van der Waals surface area contributed by atoms with Crippen molar-refractivity contribution in [1.82, 2.24) is 0 Å². The van der Waals surface area contributed by atoms with E-state index in [-0.39, 0.29) is 0 Å². The van der Waals surface area contributed by atoms with E-state index in [9.17, 15) is 4.79 Å². The highest BCUT2D eigenvalue weighted by Gasteiger charge is 2.26. The summed E-state index contributed by atoms with van der Waals surface area (Å²) in [7, 11) is 0. The maximum Gasteiger partial charge on any atom is 0.364 e. The SMILES string of the molecule is O=C1OC(c2ccccc2)=NC1=C1C=CN(c2ccccc2)C=C1. The Hall–Kier alpha value is -3.40. The number of carbonyl (C=O) groups excluding carboxylic acids is 1. The van der Waals surface area contributed by atoms with Crippen LogP contribution >= 0.6 is 0 Å². The van der Waals surface area contributed by atoms with Gasteiger partial charge in [0.1, 0.15) is 0 Å². The number of hydrogen-bond acceptors (Lipinski definition) is 4. The maximum absolute atomic E-state index is 12.1. The zero-order valence-electron chi connectivity index (χ0n) is 12.8. The molecule has 2 aliphatic rings. The van der Waals surface area contributed by atoms with Gasteiger partial charge in [0.2, 0.25) is 5.90 Å². The third-order valence-electron chi connectivity index (χ3n) is 3.77. The summed E-state index contributed by atoms with van der Waals surface area (Å²) >= 11 is 0. The van der Waals surface area contributed by atoms with Gasteiger partial charge < -0.3 is 9.64 Å². The van der Waals surface area contributed by atoms with Crippen LogP contribution in [0.25, 0.3) is 0 Å². The van der Waals surface area contributed by atoms with E-state index in [0.717, 1.165) is 16.8 Å². The summed E-state index contributed by atoms with van der Waals surface area (Å²) in [5, 5.41) is 0. The second-order valence-electron chi connectivity index (χ2n) is 5.35. The quantitative estimate of drug-likeness (QED) is 0.625. The highest BCUT2D eigenvalue weighted by atomic mass is 16.6. The van der Waals surface area contributed by atoms with Crippen molar-refractivity contribution in [3.8, 4) is 0 Å². The molecule has 0 amide bonds. The summed E-state index contributed by atoms with van der Waals surface area (Å²) in [4.78, 5) is 18.5. The highest BCUT2D eigenvalue weighted by Crippen LogP contribution is 2.25. The largest absolute Gasteiger partial charge is 0.402 e. The van der Waals surface area contributed by atoms with Crippen LogP contribution in [0.15, 0.2) is 101 Å². The molecule has 116 valence electrons. The maximum atomic E-state index is 12.1. The number of nitrogens with zero attached hydrogens (tertiary/aromatic N) is 2. The molecular weight excluding hydrogens is 300 g/mol. The molecule has 2 aromatic rings. The van der Waals surface area contributed by atoms with Gasteiger partial charge in [0.05, 0.1) is 0 Å². The van der Waals surface area contributed by atoms with E-state index in [1.54, 1.807) is 0 Å². The van der Waals surface area contributed by atoms with Crippen LogP contribution < -0.4 is 4.90 Å². The molecule has 24 heavy (non-hydrogen) atoms. The molecule has 0 unspecified atom stereocenters. The number of para-hydroxylation sites is 1. The molecule has 2 aromatic carbocycles. The molecular formula is C20H14N2O2. The summed E-state index contributed by atoms with van der Waals surface area (Å²) in [5.41, 5.74) is 2.90. The topological polar surface area (TPSA) is 41.9 Å². The number of benzene rings is 2. The first-order chi connectivity index (χ1) is 11.8. The molecule has 4 nitrogen and oxygen atoms in total. The first-order valence-corrected chi connectivity index (χ1v) is 7.61. The van der Waals surface area contributed by atoms with Crippen LogP contribution in [-0.2, 0) is 9.53 Å². The molecule has 0 saturated carbocycles. The summed E-state index contributed by atoms with van der Waals surface area (Å²) < 4.78 is 5.30. The lowest BCUT2D eigenvalue weighted by Crippen LogP contribution is -2.11. The number of anilines is 1. The Balaban J connectivity index is 1.63. The van der Waals surface area contributed by atoms with E-state index in [1.807, 2.05) is 90.1 Å². The van der Waals surface area contributed by atoms with Crippen LogP contribution in [0.3, 0.4) is 0 Å². The predicted molar refractivity (Wildman–Crippen MR) is 93.3 cm³/mol. The fraction of sp³-hybridized carbons (Fsp3) is 0. The van der Waals surface area contributed by atoms with Gasteiger partial charge in [0.25, 0.3) is 0 Å².